The lowest BCUT2D eigenvalue weighted by Gasteiger charge is -2.11. The van der Waals surface area contributed by atoms with Crippen LogP contribution in [-0.4, -0.2) is 16.6 Å². The average Bonchev–Trinajstić information content (AvgIpc) is 2.71. The molecule has 1 aliphatic rings. The van der Waals surface area contributed by atoms with Gasteiger partial charge < -0.3 is 5.73 Å². The lowest BCUT2D eigenvalue weighted by Crippen LogP contribution is -2.14. The normalized spacial score (nSPS) is 14.1. The fourth-order valence-electron chi connectivity index (χ4n) is 2.00. The Morgan fingerprint density at radius 3 is 2.94 bits per heavy atom. The second kappa shape index (κ2) is 5.08. The molecule has 0 aromatic carbocycles. The third-order valence-electron chi connectivity index (χ3n) is 2.86. The standard InChI is InChI=1S/C13H19N3S/c1-8(2)7-17-13-10(12(14)15)6-9-4-3-5-11(9)16-13/h6,8H,3-5,7H2,1-2H3,(H3,14,15). The molecule has 0 saturated heterocycles. The minimum atomic E-state index is 0.137. The monoisotopic (exact) mass is 249 g/mol. The van der Waals surface area contributed by atoms with E-state index in [1.165, 1.54) is 17.7 Å². The molecule has 1 heterocycles. The molecule has 0 unspecified atom stereocenters. The van der Waals surface area contributed by atoms with Crippen LogP contribution in [0, 0.1) is 11.3 Å². The molecule has 3 N–H and O–H groups in total. The van der Waals surface area contributed by atoms with Gasteiger partial charge in [0.15, 0.2) is 0 Å². The van der Waals surface area contributed by atoms with Crippen molar-refractivity contribution in [3.05, 3.63) is 22.9 Å². The van der Waals surface area contributed by atoms with E-state index in [0.29, 0.717) is 5.92 Å². The number of nitrogens with two attached hydrogens (primary N) is 1. The van der Waals surface area contributed by atoms with Gasteiger partial charge in [0.05, 0.1) is 0 Å². The number of amidine groups is 1. The Morgan fingerprint density at radius 1 is 1.53 bits per heavy atom. The topological polar surface area (TPSA) is 62.8 Å². The molecular weight excluding hydrogens is 230 g/mol. The zero-order valence-corrected chi connectivity index (χ0v) is 11.2. The summed E-state index contributed by atoms with van der Waals surface area (Å²) in [5, 5.41) is 8.59. The summed E-state index contributed by atoms with van der Waals surface area (Å²) in [6.45, 7) is 4.38. The summed E-state index contributed by atoms with van der Waals surface area (Å²) >= 11 is 1.72. The number of rotatable bonds is 4. The maximum Gasteiger partial charge on any atom is 0.125 e. The largest absolute Gasteiger partial charge is 0.384 e. The number of hydrogen-bond donors (Lipinski definition) is 2. The number of aryl methyl sites for hydroxylation is 2. The Balaban J connectivity index is 2.31. The highest BCUT2D eigenvalue weighted by molar-refractivity contribution is 7.99. The van der Waals surface area contributed by atoms with Crippen LogP contribution in [0.1, 0.15) is 37.1 Å². The molecule has 0 atom stereocenters. The first-order chi connectivity index (χ1) is 8.08. The predicted octanol–water partition coefficient (Wildman–Crippen LogP) is 2.60. The Bertz CT molecular complexity index is 441. The van der Waals surface area contributed by atoms with Crippen LogP contribution in [0.2, 0.25) is 0 Å². The minimum Gasteiger partial charge on any atom is -0.384 e. The highest BCUT2D eigenvalue weighted by Gasteiger charge is 2.18. The summed E-state index contributed by atoms with van der Waals surface area (Å²) in [5.74, 6) is 1.78. The maximum absolute atomic E-state index is 7.65. The Kier molecular flexibility index (Phi) is 3.72. The van der Waals surface area contributed by atoms with Crippen molar-refractivity contribution in [2.75, 3.05) is 5.75 Å². The number of thioether (sulfide) groups is 1. The molecular formula is C13H19N3S. The van der Waals surface area contributed by atoms with Gasteiger partial charge >= 0.3 is 0 Å². The van der Waals surface area contributed by atoms with Gasteiger partial charge in [0.2, 0.25) is 0 Å². The van der Waals surface area contributed by atoms with Crippen LogP contribution in [0.5, 0.6) is 0 Å². The summed E-state index contributed by atoms with van der Waals surface area (Å²) in [5.41, 5.74) is 8.95. The zero-order chi connectivity index (χ0) is 12.4. The van der Waals surface area contributed by atoms with E-state index in [2.05, 4.69) is 24.9 Å². The van der Waals surface area contributed by atoms with E-state index in [4.69, 9.17) is 11.1 Å². The van der Waals surface area contributed by atoms with Gasteiger partial charge in [-0.05, 0) is 36.8 Å². The predicted molar refractivity (Wildman–Crippen MR) is 72.8 cm³/mol. The van der Waals surface area contributed by atoms with Crippen molar-refractivity contribution in [2.24, 2.45) is 11.7 Å². The van der Waals surface area contributed by atoms with Gasteiger partial charge in [-0.2, -0.15) is 0 Å². The molecule has 17 heavy (non-hydrogen) atoms. The highest BCUT2D eigenvalue weighted by Crippen LogP contribution is 2.28. The van der Waals surface area contributed by atoms with Crippen molar-refractivity contribution in [1.82, 2.24) is 4.98 Å². The summed E-state index contributed by atoms with van der Waals surface area (Å²) in [6.07, 6.45) is 3.33. The van der Waals surface area contributed by atoms with Crippen molar-refractivity contribution in [3.8, 4) is 0 Å². The van der Waals surface area contributed by atoms with Crippen LogP contribution in [-0.2, 0) is 12.8 Å². The number of fused-ring (bicyclic) bond motifs is 1. The molecule has 4 heteroatoms. The average molecular weight is 249 g/mol. The fourth-order valence-corrected chi connectivity index (χ4v) is 2.99. The molecule has 0 fully saturated rings. The molecule has 0 bridgehead atoms. The van der Waals surface area contributed by atoms with E-state index in [-0.39, 0.29) is 5.84 Å². The molecule has 0 saturated carbocycles. The molecule has 1 aromatic heterocycles. The van der Waals surface area contributed by atoms with E-state index in [1.807, 2.05) is 0 Å². The van der Waals surface area contributed by atoms with Gasteiger partial charge in [0, 0.05) is 17.0 Å². The number of aromatic nitrogens is 1. The number of nitrogen functional groups attached to an aromatic ring is 1. The van der Waals surface area contributed by atoms with Gasteiger partial charge in [-0.1, -0.05) is 13.8 Å². The van der Waals surface area contributed by atoms with E-state index in [1.54, 1.807) is 11.8 Å². The van der Waals surface area contributed by atoms with Gasteiger partial charge in [-0.3, -0.25) is 5.41 Å². The first-order valence-corrected chi connectivity index (χ1v) is 7.06. The fraction of sp³-hybridized carbons (Fsp3) is 0.538. The molecule has 0 spiro atoms. The Labute approximate surface area is 107 Å². The maximum atomic E-state index is 7.65. The van der Waals surface area contributed by atoms with Crippen molar-refractivity contribution in [1.29, 1.82) is 5.41 Å². The summed E-state index contributed by atoms with van der Waals surface area (Å²) in [4.78, 5) is 4.69. The number of nitrogens with zero attached hydrogens (tertiary/aromatic N) is 1. The van der Waals surface area contributed by atoms with Crippen LogP contribution in [0.25, 0.3) is 0 Å². The van der Waals surface area contributed by atoms with Gasteiger partial charge in [-0.15, -0.1) is 11.8 Å². The molecule has 1 aliphatic carbocycles. The lowest BCUT2D eigenvalue weighted by atomic mass is 10.1. The Morgan fingerprint density at radius 2 is 2.29 bits per heavy atom. The van der Waals surface area contributed by atoms with Crippen LogP contribution >= 0.6 is 11.8 Å². The van der Waals surface area contributed by atoms with Crippen LogP contribution in [0.4, 0.5) is 0 Å². The van der Waals surface area contributed by atoms with E-state index in [9.17, 15) is 0 Å². The second-order valence-electron chi connectivity index (χ2n) is 4.92. The van der Waals surface area contributed by atoms with Gasteiger partial charge in [0.1, 0.15) is 10.9 Å². The number of hydrogen-bond acceptors (Lipinski definition) is 3. The Hall–Kier alpha value is -1.03. The van der Waals surface area contributed by atoms with Crippen LogP contribution < -0.4 is 5.73 Å². The minimum absolute atomic E-state index is 0.137. The van der Waals surface area contributed by atoms with Crippen molar-refractivity contribution in [2.45, 2.75) is 38.1 Å². The van der Waals surface area contributed by atoms with Crippen molar-refractivity contribution in [3.63, 3.8) is 0 Å². The van der Waals surface area contributed by atoms with E-state index >= 15 is 0 Å². The molecule has 0 aliphatic heterocycles. The molecule has 0 amide bonds. The quantitative estimate of drug-likeness (QED) is 0.490. The molecule has 3 nitrogen and oxygen atoms in total. The number of nitrogens with one attached hydrogen (secondary N) is 1. The molecule has 2 rings (SSSR count). The lowest BCUT2D eigenvalue weighted by molar-refractivity contribution is 0.749. The third kappa shape index (κ3) is 2.80. The summed E-state index contributed by atoms with van der Waals surface area (Å²) < 4.78 is 0. The third-order valence-corrected chi connectivity index (χ3v) is 4.28. The smallest absolute Gasteiger partial charge is 0.125 e. The molecule has 0 radical (unpaired) electrons. The SMILES string of the molecule is CC(C)CSc1nc2c(cc1C(=N)N)CCC2. The molecule has 92 valence electrons. The highest BCUT2D eigenvalue weighted by atomic mass is 32.2. The summed E-state index contributed by atoms with van der Waals surface area (Å²) in [7, 11) is 0. The first-order valence-electron chi connectivity index (χ1n) is 6.08. The van der Waals surface area contributed by atoms with Crippen molar-refractivity contribution < 1.29 is 0 Å². The second-order valence-corrected chi connectivity index (χ2v) is 5.93. The summed E-state index contributed by atoms with van der Waals surface area (Å²) in [6, 6.07) is 2.07. The van der Waals surface area contributed by atoms with Crippen LogP contribution in [0.3, 0.4) is 0 Å². The van der Waals surface area contributed by atoms with Crippen LogP contribution in [0.15, 0.2) is 11.1 Å². The van der Waals surface area contributed by atoms with Gasteiger partial charge in [-0.25, -0.2) is 4.98 Å². The van der Waals surface area contributed by atoms with Gasteiger partial charge in [0.25, 0.3) is 0 Å². The molecule has 1 aromatic rings. The number of pyridine rings is 1. The zero-order valence-electron chi connectivity index (χ0n) is 10.4. The first kappa shape index (κ1) is 12.4. The van der Waals surface area contributed by atoms with Crippen molar-refractivity contribution >= 4 is 17.6 Å². The van der Waals surface area contributed by atoms with E-state index < -0.39 is 0 Å². The van der Waals surface area contributed by atoms with E-state index in [0.717, 1.165) is 29.2 Å².